The first kappa shape index (κ1) is 15.1. The van der Waals surface area contributed by atoms with Crippen molar-refractivity contribution in [1.82, 2.24) is 10.3 Å². The van der Waals surface area contributed by atoms with Crippen LogP contribution in [0.25, 0.3) is 0 Å². The summed E-state index contributed by atoms with van der Waals surface area (Å²) in [5, 5.41) is 0. The van der Waals surface area contributed by atoms with Gasteiger partial charge in [-0.3, -0.25) is 5.43 Å². The molecule has 106 valence electrons. The van der Waals surface area contributed by atoms with Gasteiger partial charge in [0.15, 0.2) is 0 Å². The Labute approximate surface area is 113 Å². The average molecular weight is 267 g/mol. The third-order valence-electron chi connectivity index (χ3n) is 3.17. The lowest BCUT2D eigenvalue weighted by atomic mass is 10.0. The van der Waals surface area contributed by atoms with Gasteiger partial charge < -0.3 is 14.4 Å². The third-order valence-corrected chi connectivity index (χ3v) is 3.17. The van der Waals surface area contributed by atoms with E-state index in [1.165, 1.54) is 4.90 Å². The number of carbonyl (C=O) groups excluding carboxylic acids is 1. The predicted octanol–water partition coefficient (Wildman–Crippen LogP) is 1.34. The highest BCUT2D eigenvalue weighted by molar-refractivity contribution is 5.73. The van der Waals surface area contributed by atoms with Gasteiger partial charge in [-0.15, -0.1) is 0 Å². The molecule has 0 radical (unpaired) electrons. The first-order valence-electron chi connectivity index (χ1n) is 5.89. The van der Waals surface area contributed by atoms with Crippen LogP contribution in [0.2, 0.25) is 0 Å². The molecular formula is C13H21N3O3. The van der Waals surface area contributed by atoms with Crippen LogP contribution >= 0.6 is 0 Å². The van der Waals surface area contributed by atoms with Crippen LogP contribution in [-0.2, 0) is 6.54 Å². The monoisotopic (exact) mass is 267 g/mol. The Balaban J connectivity index is 3.19. The molecule has 0 saturated heterocycles. The summed E-state index contributed by atoms with van der Waals surface area (Å²) in [6, 6.07) is 1.51. The van der Waals surface area contributed by atoms with Crippen molar-refractivity contribution in [2.45, 2.75) is 20.4 Å². The number of hydrogen-bond acceptors (Lipinski definition) is 4. The van der Waals surface area contributed by atoms with Crippen molar-refractivity contribution in [2.24, 2.45) is 5.84 Å². The number of hydrogen-bond donors (Lipinski definition) is 2. The number of ether oxygens (including phenoxy) is 2. The van der Waals surface area contributed by atoms with Crippen LogP contribution in [0.1, 0.15) is 16.7 Å². The Bertz CT molecular complexity index is 475. The number of hydrazine groups is 1. The summed E-state index contributed by atoms with van der Waals surface area (Å²) in [6.07, 6.45) is 0. The molecule has 6 nitrogen and oxygen atoms in total. The zero-order valence-electron chi connectivity index (χ0n) is 12.0. The van der Waals surface area contributed by atoms with Crippen molar-refractivity contribution in [2.75, 3.05) is 21.3 Å². The molecule has 1 aromatic carbocycles. The molecule has 3 N–H and O–H groups in total. The molecule has 0 atom stereocenters. The second-order valence-electron chi connectivity index (χ2n) is 4.33. The molecule has 1 aromatic rings. The molecule has 19 heavy (non-hydrogen) atoms. The molecule has 0 saturated carbocycles. The molecule has 0 aliphatic heterocycles. The van der Waals surface area contributed by atoms with Crippen LogP contribution < -0.4 is 20.7 Å². The van der Waals surface area contributed by atoms with Crippen LogP contribution in [0, 0.1) is 13.8 Å². The molecule has 0 aliphatic carbocycles. The van der Waals surface area contributed by atoms with Gasteiger partial charge in [0, 0.05) is 12.6 Å². The van der Waals surface area contributed by atoms with Crippen molar-refractivity contribution >= 4 is 6.03 Å². The maximum absolute atomic E-state index is 11.4. The number of urea groups is 1. The van der Waals surface area contributed by atoms with E-state index < -0.39 is 0 Å². The minimum atomic E-state index is -0.362. The summed E-state index contributed by atoms with van der Waals surface area (Å²) in [4.78, 5) is 12.9. The van der Waals surface area contributed by atoms with Gasteiger partial charge in [0.25, 0.3) is 0 Å². The number of amides is 2. The van der Waals surface area contributed by atoms with Crippen molar-refractivity contribution < 1.29 is 14.3 Å². The SMILES string of the molecule is COc1cc(CN(C)C(=O)NN)c(OC)c(C)c1C. The second kappa shape index (κ2) is 6.29. The van der Waals surface area contributed by atoms with E-state index in [9.17, 15) is 4.79 Å². The van der Waals surface area contributed by atoms with Gasteiger partial charge in [-0.2, -0.15) is 0 Å². The van der Waals surface area contributed by atoms with Gasteiger partial charge in [-0.05, 0) is 31.0 Å². The molecule has 0 heterocycles. The number of methoxy groups -OCH3 is 2. The average Bonchev–Trinajstić information content (AvgIpc) is 2.41. The lowest BCUT2D eigenvalue weighted by molar-refractivity contribution is 0.206. The first-order chi connectivity index (χ1) is 8.96. The van der Waals surface area contributed by atoms with Crippen molar-refractivity contribution in [3.05, 3.63) is 22.8 Å². The van der Waals surface area contributed by atoms with E-state index >= 15 is 0 Å². The van der Waals surface area contributed by atoms with Crippen molar-refractivity contribution in [3.63, 3.8) is 0 Å². The van der Waals surface area contributed by atoms with Crippen molar-refractivity contribution in [3.8, 4) is 11.5 Å². The van der Waals surface area contributed by atoms with E-state index in [1.54, 1.807) is 21.3 Å². The first-order valence-corrected chi connectivity index (χ1v) is 5.89. The Morgan fingerprint density at radius 3 is 2.42 bits per heavy atom. The smallest absolute Gasteiger partial charge is 0.331 e. The number of nitrogens with two attached hydrogens (primary N) is 1. The summed E-state index contributed by atoms with van der Waals surface area (Å²) < 4.78 is 10.8. The quantitative estimate of drug-likeness (QED) is 0.490. The molecule has 0 spiro atoms. The van der Waals surface area contributed by atoms with Crippen molar-refractivity contribution in [1.29, 1.82) is 0 Å². The number of benzene rings is 1. The highest BCUT2D eigenvalue weighted by Crippen LogP contribution is 2.33. The largest absolute Gasteiger partial charge is 0.496 e. The highest BCUT2D eigenvalue weighted by atomic mass is 16.5. The Morgan fingerprint density at radius 1 is 1.32 bits per heavy atom. The molecular weight excluding hydrogens is 246 g/mol. The predicted molar refractivity (Wildman–Crippen MR) is 73.2 cm³/mol. The minimum absolute atomic E-state index is 0.362. The number of carbonyl (C=O) groups is 1. The molecule has 2 amide bonds. The standard InChI is InChI=1S/C13H21N3O3/c1-8-9(2)12(19-5)10(6-11(8)18-4)7-16(3)13(17)15-14/h6H,7,14H2,1-5H3,(H,15,17). The third kappa shape index (κ3) is 3.08. The lowest BCUT2D eigenvalue weighted by Crippen LogP contribution is -2.40. The van der Waals surface area contributed by atoms with Gasteiger partial charge in [-0.25, -0.2) is 10.6 Å². The van der Waals surface area contributed by atoms with Crippen LogP contribution in [0.5, 0.6) is 11.5 Å². The van der Waals surface area contributed by atoms with Gasteiger partial charge in [-0.1, -0.05) is 0 Å². The fourth-order valence-electron chi connectivity index (χ4n) is 1.98. The molecule has 0 bridgehead atoms. The fraction of sp³-hybridized carbons (Fsp3) is 0.462. The van der Waals surface area contributed by atoms with Gasteiger partial charge in [0.2, 0.25) is 0 Å². The van der Waals surface area contributed by atoms with E-state index in [2.05, 4.69) is 5.43 Å². The molecule has 0 fully saturated rings. The van der Waals surface area contributed by atoms with E-state index in [0.29, 0.717) is 6.54 Å². The van der Waals surface area contributed by atoms with E-state index in [0.717, 1.165) is 28.2 Å². The zero-order chi connectivity index (χ0) is 14.6. The maximum Gasteiger partial charge on any atom is 0.331 e. The van der Waals surface area contributed by atoms with Crippen LogP contribution in [0.15, 0.2) is 6.07 Å². The van der Waals surface area contributed by atoms with E-state index in [4.69, 9.17) is 15.3 Å². The van der Waals surface area contributed by atoms with Crippen LogP contribution in [0.4, 0.5) is 4.79 Å². The summed E-state index contributed by atoms with van der Waals surface area (Å²) in [6.45, 7) is 4.31. The Hall–Kier alpha value is -1.95. The summed E-state index contributed by atoms with van der Waals surface area (Å²) >= 11 is 0. The Kier molecular flexibility index (Phi) is 5.00. The topological polar surface area (TPSA) is 76.8 Å². The van der Waals surface area contributed by atoms with Gasteiger partial charge >= 0.3 is 6.03 Å². The molecule has 0 aliphatic rings. The summed E-state index contributed by atoms with van der Waals surface area (Å²) in [5.74, 6) is 6.64. The summed E-state index contributed by atoms with van der Waals surface area (Å²) in [7, 11) is 4.89. The van der Waals surface area contributed by atoms with Gasteiger partial charge in [0.05, 0.1) is 20.8 Å². The second-order valence-corrected chi connectivity index (χ2v) is 4.33. The minimum Gasteiger partial charge on any atom is -0.496 e. The highest BCUT2D eigenvalue weighted by Gasteiger charge is 2.16. The fourth-order valence-corrected chi connectivity index (χ4v) is 1.98. The lowest BCUT2D eigenvalue weighted by Gasteiger charge is -2.21. The van der Waals surface area contributed by atoms with E-state index in [-0.39, 0.29) is 6.03 Å². The number of nitrogens with one attached hydrogen (secondary N) is 1. The van der Waals surface area contributed by atoms with E-state index in [1.807, 2.05) is 19.9 Å². The molecule has 1 rings (SSSR count). The number of nitrogens with zero attached hydrogens (tertiary/aromatic N) is 1. The normalized spacial score (nSPS) is 10.0. The van der Waals surface area contributed by atoms with Crippen LogP contribution in [-0.4, -0.2) is 32.2 Å². The molecule has 6 heteroatoms. The van der Waals surface area contributed by atoms with Crippen LogP contribution in [0.3, 0.4) is 0 Å². The summed E-state index contributed by atoms with van der Waals surface area (Å²) in [5.41, 5.74) is 4.98. The molecule has 0 unspecified atom stereocenters. The molecule has 0 aromatic heterocycles. The number of rotatable bonds is 4. The zero-order valence-corrected chi connectivity index (χ0v) is 12.0. The Morgan fingerprint density at radius 2 is 1.95 bits per heavy atom. The van der Waals surface area contributed by atoms with Gasteiger partial charge in [0.1, 0.15) is 11.5 Å². The maximum atomic E-state index is 11.4.